The van der Waals surface area contributed by atoms with Crippen LogP contribution in [-0.4, -0.2) is 0 Å². The van der Waals surface area contributed by atoms with Gasteiger partial charge >= 0.3 is 0 Å². The van der Waals surface area contributed by atoms with Crippen LogP contribution in [0.3, 0.4) is 0 Å². The van der Waals surface area contributed by atoms with E-state index in [1.165, 1.54) is 120 Å². The van der Waals surface area contributed by atoms with Gasteiger partial charge in [-0.15, -0.1) is 0 Å². The van der Waals surface area contributed by atoms with E-state index < -0.39 is 0 Å². The summed E-state index contributed by atoms with van der Waals surface area (Å²) in [6.07, 6.45) is 0. The smallest absolute Gasteiger partial charge is 0.00199 e. The molecule has 278 valence electrons. The van der Waals surface area contributed by atoms with Crippen LogP contribution in [0.15, 0.2) is 231 Å². The fraction of sp³-hybridized carbons (Fsp3) is 0. The lowest BCUT2D eigenvalue weighted by Crippen LogP contribution is -1.93. The molecule has 60 heavy (non-hydrogen) atoms. The summed E-state index contributed by atoms with van der Waals surface area (Å²) in [5, 5.41) is 15.0. The van der Waals surface area contributed by atoms with E-state index in [0.717, 1.165) is 0 Å². The zero-order valence-electron chi connectivity index (χ0n) is 32.9. The number of fused-ring (bicyclic) bond motifs is 6. The molecule has 0 spiro atoms. The number of benzene rings is 12. The molecule has 0 aliphatic heterocycles. The van der Waals surface area contributed by atoms with Crippen LogP contribution in [0.25, 0.3) is 120 Å². The first kappa shape index (κ1) is 34.3. The Morgan fingerprint density at radius 1 is 0.167 bits per heavy atom. The van der Waals surface area contributed by atoms with E-state index in [-0.39, 0.29) is 0 Å². The van der Waals surface area contributed by atoms with Crippen molar-refractivity contribution >= 4 is 64.6 Å². The molecule has 0 N–H and O–H groups in total. The van der Waals surface area contributed by atoms with Crippen molar-refractivity contribution < 1.29 is 0 Å². The van der Waals surface area contributed by atoms with Crippen LogP contribution in [0.1, 0.15) is 0 Å². The molecule has 0 aliphatic carbocycles. The number of rotatable bonds is 5. The van der Waals surface area contributed by atoms with E-state index in [9.17, 15) is 0 Å². The van der Waals surface area contributed by atoms with Crippen molar-refractivity contribution in [2.75, 3.05) is 0 Å². The second-order valence-corrected chi connectivity index (χ2v) is 16.1. The van der Waals surface area contributed by atoms with Crippen molar-refractivity contribution in [1.29, 1.82) is 0 Å². The molecule has 0 saturated carbocycles. The Bertz CT molecular complexity index is 3640. The van der Waals surface area contributed by atoms with Gasteiger partial charge in [0.05, 0.1) is 0 Å². The Morgan fingerprint density at radius 3 is 1.08 bits per heavy atom. The van der Waals surface area contributed by atoms with Gasteiger partial charge in [-0.25, -0.2) is 0 Å². The molecule has 0 atom stereocenters. The molecule has 0 bridgehead atoms. The van der Waals surface area contributed by atoms with Gasteiger partial charge in [-0.2, -0.15) is 0 Å². The normalized spacial score (nSPS) is 11.7. The quantitative estimate of drug-likeness (QED) is 0.153. The summed E-state index contributed by atoms with van der Waals surface area (Å²) in [4.78, 5) is 0. The van der Waals surface area contributed by atoms with E-state index in [1.807, 2.05) is 0 Å². The summed E-state index contributed by atoms with van der Waals surface area (Å²) < 4.78 is 0. The first-order valence-electron chi connectivity index (χ1n) is 20.8. The maximum absolute atomic E-state index is 2.44. The van der Waals surface area contributed by atoms with Crippen molar-refractivity contribution in [3.8, 4) is 55.6 Å². The van der Waals surface area contributed by atoms with Gasteiger partial charge < -0.3 is 0 Å². The van der Waals surface area contributed by atoms with Crippen LogP contribution in [0.5, 0.6) is 0 Å². The van der Waals surface area contributed by atoms with Gasteiger partial charge in [-0.1, -0.05) is 200 Å². The van der Waals surface area contributed by atoms with Gasteiger partial charge in [0.1, 0.15) is 0 Å². The van der Waals surface area contributed by atoms with E-state index in [2.05, 4.69) is 231 Å². The standard InChI is InChI=1S/C60H38/c1-4-14-45-34-48(27-22-39(45)10-1)42-20-25-44(26-21-42)59-55-32-30-52(50-29-24-41-12-3-6-16-47(41)36-50)38-58(55)60(54-19-9-17-43-13-7-8-18-53(43)54)56-33-31-51(37-57(56)59)49-28-23-40-11-2-5-15-46(40)35-49/h1-38H. The third-order valence-electron chi connectivity index (χ3n) is 12.6. The molecule has 0 nitrogen and oxygen atoms in total. The van der Waals surface area contributed by atoms with Gasteiger partial charge in [-0.3, -0.25) is 0 Å². The fourth-order valence-corrected chi connectivity index (χ4v) is 9.57. The van der Waals surface area contributed by atoms with Crippen LogP contribution < -0.4 is 0 Å². The Hall–Kier alpha value is -7.80. The minimum atomic E-state index is 1.20. The maximum atomic E-state index is 2.44. The Kier molecular flexibility index (Phi) is 7.96. The highest BCUT2D eigenvalue weighted by molar-refractivity contribution is 6.24. The van der Waals surface area contributed by atoms with E-state index in [0.29, 0.717) is 0 Å². The third kappa shape index (κ3) is 5.76. The maximum Gasteiger partial charge on any atom is -0.00199 e. The lowest BCUT2D eigenvalue weighted by atomic mass is 9.82. The average Bonchev–Trinajstić information content (AvgIpc) is 3.32. The fourth-order valence-electron chi connectivity index (χ4n) is 9.57. The largest absolute Gasteiger partial charge is 0.0616 e. The van der Waals surface area contributed by atoms with Gasteiger partial charge in [0.15, 0.2) is 0 Å². The summed E-state index contributed by atoms with van der Waals surface area (Å²) in [5.41, 5.74) is 12.2. The predicted octanol–water partition coefficient (Wildman–Crippen LogP) is 16.9. The van der Waals surface area contributed by atoms with Crippen molar-refractivity contribution in [3.63, 3.8) is 0 Å². The molecule has 0 saturated heterocycles. The van der Waals surface area contributed by atoms with Crippen LogP contribution in [0.2, 0.25) is 0 Å². The average molecular weight is 759 g/mol. The predicted molar refractivity (Wildman–Crippen MR) is 259 cm³/mol. The molecule has 12 aromatic rings. The molecule has 0 heteroatoms. The topological polar surface area (TPSA) is 0 Å². The SMILES string of the molecule is c1ccc2cc(-c3ccc(-c4c5cc(-c6ccc7ccccc7c6)ccc5c(-c5cccc6ccccc56)c5cc(-c6ccc7ccccc7c6)ccc45)cc3)ccc2c1. The first-order chi connectivity index (χ1) is 29.7. The molecule has 0 fully saturated rings. The molecule has 0 aliphatic rings. The molecule has 0 amide bonds. The summed E-state index contributed by atoms with van der Waals surface area (Å²) in [6.45, 7) is 0. The summed E-state index contributed by atoms with van der Waals surface area (Å²) in [6, 6.07) is 85.5. The zero-order valence-corrected chi connectivity index (χ0v) is 32.9. The number of hydrogen-bond acceptors (Lipinski definition) is 0. The van der Waals surface area contributed by atoms with Crippen LogP contribution in [-0.2, 0) is 0 Å². The van der Waals surface area contributed by atoms with Gasteiger partial charge in [0.25, 0.3) is 0 Å². The van der Waals surface area contributed by atoms with Crippen LogP contribution in [0.4, 0.5) is 0 Å². The molecule has 0 heterocycles. The molecule has 0 aromatic heterocycles. The van der Waals surface area contributed by atoms with Crippen molar-refractivity contribution in [2.24, 2.45) is 0 Å². The Morgan fingerprint density at radius 2 is 0.533 bits per heavy atom. The monoisotopic (exact) mass is 758 g/mol. The highest BCUT2D eigenvalue weighted by atomic mass is 14.2. The van der Waals surface area contributed by atoms with Gasteiger partial charge in [0, 0.05) is 0 Å². The highest BCUT2D eigenvalue weighted by Crippen LogP contribution is 2.48. The zero-order chi connectivity index (χ0) is 39.6. The van der Waals surface area contributed by atoms with Gasteiger partial charge in [-0.05, 0) is 151 Å². The Labute approximate surface area is 349 Å². The third-order valence-corrected chi connectivity index (χ3v) is 12.6. The van der Waals surface area contributed by atoms with E-state index in [4.69, 9.17) is 0 Å². The second kappa shape index (κ2) is 13.9. The van der Waals surface area contributed by atoms with E-state index >= 15 is 0 Å². The lowest BCUT2D eigenvalue weighted by molar-refractivity contribution is 1.62. The summed E-state index contributed by atoms with van der Waals surface area (Å²) in [5.74, 6) is 0. The number of hydrogen-bond donors (Lipinski definition) is 0. The molecule has 0 radical (unpaired) electrons. The minimum Gasteiger partial charge on any atom is -0.0616 e. The molecular formula is C60H38. The summed E-state index contributed by atoms with van der Waals surface area (Å²) >= 11 is 0. The van der Waals surface area contributed by atoms with Crippen molar-refractivity contribution in [1.82, 2.24) is 0 Å². The van der Waals surface area contributed by atoms with E-state index in [1.54, 1.807) is 0 Å². The van der Waals surface area contributed by atoms with Crippen LogP contribution in [0, 0.1) is 0 Å². The van der Waals surface area contributed by atoms with Crippen molar-refractivity contribution in [2.45, 2.75) is 0 Å². The molecular weight excluding hydrogens is 721 g/mol. The molecule has 12 rings (SSSR count). The first-order valence-corrected chi connectivity index (χ1v) is 20.8. The van der Waals surface area contributed by atoms with Crippen molar-refractivity contribution in [3.05, 3.63) is 231 Å². The summed E-state index contributed by atoms with van der Waals surface area (Å²) in [7, 11) is 0. The van der Waals surface area contributed by atoms with Crippen LogP contribution >= 0.6 is 0 Å². The minimum absolute atomic E-state index is 1.20. The second-order valence-electron chi connectivity index (χ2n) is 16.1. The molecule has 12 aromatic carbocycles. The molecule has 0 unspecified atom stereocenters. The Balaban J connectivity index is 1.15. The lowest BCUT2D eigenvalue weighted by Gasteiger charge is -2.21. The highest BCUT2D eigenvalue weighted by Gasteiger charge is 2.20. The van der Waals surface area contributed by atoms with Gasteiger partial charge in [0.2, 0.25) is 0 Å².